The maximum atomic E-state index is 11.9. The van der Waals surface area contributed by atoms with Crippen molar-refractivity contribution in [2.24, 2.45) is 0 Å². The van der Waals surface area contributed by atoms with E-state index in [0.29, 0.717) is 0 Å². The van der Waals surface area contributed by atoms with Crippen molar-refractivity contribution >= 4 is 6.09 Å². The highest BCUT2D eigenvalue weighted by Gasteiger charge is 2.48. The van der Waals surface area contributed by atoms with Crippen LogP contribution in [0.2, 0.25) is 0 Å². The number of ether oxygens (including phenoxy) is 1. The van der Waals surface area contributed by atoms with E-state index in [-0.39, 0.29) is 11.8 Å². The van der Waals surface area contributed by atoms with Crippen molar-refractivity contribution in [3.8, 4) is 0 Å². The second kappa shape index (κ2) is 3.37. The number of carbonyl (C=O) groups is 1. The van der Waals surface area contributed by atoms with E-state index < -0.39 is 5.60 Å². The van der Waals surface area contributed by atoms with Crippen LogP contribution >= 0.6 is 0 Å². The van der Waals surface area contributed by atoms with E-state index in [1.54, 1.807) is 0 Å². The highest BCUT2D eigenvalue weighted by molar-refractivity contribution is 5.69. The first-order valence-electron chi connectivity index (χ1n) is 5.69. The van der Waals surface area contributed by atoms with Gasteiger partial charge in [-0.2, -0.15) is 0 Å². The third-order valence-electron chi connectivity index (χ3n) is 3.10. The van der Waals surface area contributed by atoms with Gasteiger partial charge in [-0.1, -0.05) is 0 Å². The van der Waals surface area contributed by atoms with Gasteiger partial charge >= 0.3 is 6.09 Å². The normalized spacial score (nSPS) is 30.5. The second-order valence-electron chi connectivity index (χ2n) is 5.44. The first-order chi connectivity index (χ1) is 6.93. The van der Waals surface area contributed by atoms with Gasteiger partial charge < -0.3 is 4.74 Å². The Morgan fingerprint density at radius 2 is 2.07 bits per heavy atom. The lowest BCUT2D eigenvalue weighted by molar-refractivity contribution is -0.0174. The Balaban J connectivity index is 2.01. The molecule has 1 amide bonds. The predicted molar refractivity (Wildman–Crippen MR) is 57.5 cm³/mol. The molecule has 0 bridgehead atoms. The summed E-state index contributed by atoms with van der Waals surface area (Å²) in [6.07, 6.45) is 3.03. The molecule has 1 N–H and O–H groups in total. The Bertz CT molecular complexity index is 266. The molecule has 0 aliphatic carbocycles. The number of rotatable bonds is 0. The van der Waals surface area contributed by atoms with Crippen molar-refractivity contribution in [2.75, 3.05) is 13.1 Å². The largest absolute Gasteiger partial charge is 0.444 e. The van der Waals surface area contributed by atoms with Crippen molar-refractivity contribution in [3.63, 3.8) is 0 Å². The molecular formula is C11H20N2O2. The molecule has 4 heteroatoms. The Kier molecular flexibility index (Phi) is 2.41. The van der Waals surface area contributed by atoms with Crippen LogP contribution in [0.15, 0.2) is 0 Å². The Morgan fingerprint density at radius 3 is 2.53 bits per heavy atom. The average molecular weight is 212 g/mol. The molecule has 2 saturated heterocycles. The minimum absolute atomic E-state index is 0.0671. The summed E-state index contributed by atoms with van der Waals surface area (Å²) < 4.78 is 5.40. The Labute approximate surface area is 91.0 Å². The van der Waals surface area contributed by atoms with E-state index in [1.165, 1.54) is 0 Å². The van der Waals surface area contributed by atoms with E-state index in [0.717, 1.165) is 32.4 Å². The fourth-order valence-electron chi connectivity index (χ4n) is 2.32. The third kappa shape index (κ3) is 1.95. The van der Waals surface area contributed by atoms with Crippen LogP contribution in [0.5, 0.6) is 0 Å². The lowest BCUT2D eigenvalue weighted by atomic mass is 9.95. The topological polar surface area (TPSA) is 41.6 Å². The molecule has 2 rings (SSSR count). The molecule has 0 radical (unpaired) electrons. The van der Waals surface area contributed by atoms with Crippen molar-refractivity contribution in [3.05, 3.63) is 0 Å². The van der Waals surface area contributed by atoms with Crippen LogP contribution in [-0.4, -0.2) is 35.3 Å². The number of nitrogens with zero attached hydrogens (tertiary/aromatic N) is 1. The van der Waals surface area contributed by atoms with Crippen LogP contribution in [0.3, 0.4) is 0 Å². The van der Waals surface area contributed by atoms with Crippen molar-refractivity contribution < 1.29 is 9.53 Å². The zero-order valence-corrected chi connectivity index (χ0v) is 9.80. The van der Waals surface area contributed by atoms with Gasteiger partial charge in [-0.15, -0.1) is 0 Å². The molecule has 0 aromatic rings. The van der Waals surface area contributed by atoms with Gasteiger partial charge in [-0.25, -0.2) is 4.79 Å². The van der Waals surface area contributed by atoms with Gasteiger partial charge in [0.2, 0.25) is 0 Å². The minimum atomic E-state index is -0.398. The maximum Gasteiger partial charge on any atom is 0.411 e. The number of hydrogen-bond acceptors (Lipinski definition) is 3. The van der Waals surface area contributed by atoms with Crippen LogP contribution in [0.4, 0.5) is 4.79 Å². The highest BCUT2D eigenvalue weighted by atomic mass is 16.6. The lowest BCUT2D eigenvalue weighted by Crippen LogP contribution is -2.66. The van der Waals surface area contributed by atoms with Gasteiger partial charge in [-0.05, 0) is 40.0 Å². The number of carbonyl (C=O) groups excluding carboxylic acids is 1. The van der Waals surface area contributed by atoms with Gasteiger partial charge in [0.25, 0.3) is 0 Å². The summed E-state index contributed by atoms with van der Waals surface area (Å²) in [6, 6.07) is 0. The summed E-state index contributed by atoms with van der Waals surface area (Å²) in [7, 11) is 0. The van der Waals surface area contributed by atoms with Gasteiger partial charge in [-0.3, -0.25) is 10.2 Å². The third-order valence-corrected chi connectivity index (χ3v) is 3.10. The summed E-state index contributed by atoms with van der Waals surface area (Å²) in [6.45, 7) is 7.55. The molecule has 0 aromatic heterocycles. The van der Waals surface area contributed by atoms with E-state index in [9.17, 15) is 4.79 Å². The first-order valence-corrected chi connectivity index (χ1v) is 5.69. The fourth-order valence-corrected chi connectivity index (χ4v) is 2.32. The summed E-state index contributed by atoms with van der Waals surface area (Å²) in [5.41, 5.74) is -0.465. The SMILES string of the molecule is CC(C)(C)OC(=O)N1CCCC12CCN2. The zero-order chi connectivity index (χ0) is 11.1. The summed E-state index contributed by atoms with van der Waals surface area (Å²) in [5, 5.41) is 3.36. The van der Waals surface area contributed by atoms with Crippen LogP contribution in [0.1, 0.15) is 40.0 Å². The maximum absolute atomic E-state index is 11.9. The smallest absolute Gasteiger partial charge is 0.411 e. The molecule has 4 nitrogen and oxygen atoms in total. The molecular weight excluding hydrogens is 192 g/mol. The second-order valence-corrected chi connectivity index (χ2v) is 5.44. The molecule has 2 aliphatic heterocycles. The Morgan fingerprint density at radius 1 is 1.40 bits per heavy atom. The first kappa shape index (κ1) is 10.7. The molecule has 1 atom stereocenters. The van der Waals surface area contributed by atoms with Gasteiger partial charge in [0.1, 0.15) is 5.60 Å². The van der Waals surface area contributed by atoms with Gasteiger partial charge in [0.15, 0.2) is 0 Å². The van der Waals surface area contributed by atoms with Gasteiger partial charge in [0.05, 0.1) is 5.66 Å². The molecule has 2 fully saturated rings. The van der Waals surface area contributed by atoms with Crippen LogP contribution in [0.25, 0.3) is 0 Å². The summed E-state index contributed by atoms with van der Waals surface area (Å²) >= 11 is 0. The number of nitrogens with one attached hydrogen (secondary N) is 1. The molecule has 15 heavy (non-hydrogen) atoms. The summed E-state index contributed by atoms with van der Waals surface area (Å²) in [4.78, 5) is 13.8. The minimum Gasteiger partial charge on any atom is -0.444 e. The predicted octanol–water partition coefficient (Wildman–Crippen LogP) is 1.71. The monoisotopic (exact) mass is 212 g/mol. The molecule has 0 saturated carbocycles. The van der Waals surface area contributed by atoms with E-state index in [1.807, 2.05) is 25.7 Å². The Hall–Kier alpha value is -0.770. The highest BCUT2D eigenvalue weighted by Crippen LogP contribution is 2.35. The van der Waals surface area contributed by atoms with Crippen LogP contribution < -0.4 is 5.32 Å². The summed E-state index contributed by atoms with van der Waals surface area (Å²) in [5.74, 6) is 0. The molecule has 86 valence electrons. The molecule has 2 heterocycles. The van der Waals surface area contributed by atoms with E-state index in [2.05, 4.69) is 5.32 Å². The molecule has 1 spiro atoms. The van der Waals surface area contributed by atoms with Crippen molar-refractivity contribution in [1.82, 2.24) is 10.2 Å². The van der Waals surface area contributed by atoms with Crippen molar-refractivity contribution in [2.45, 2.75) is 51.3 Å². The van der Waals surface area contributed by atoms with Crippen LogP contribution in [0, 0.1) is 0 Å². The lowest BCUT2D eigenvalue weighted by Gasteiger charge is -2.46. The quantitative estimate of drug-likeness (QED) is 0.664. The van der Waals surface area contributed by atoms with Gasteiger partial charge in [0, 0.05) is 13.1 Å². The number of hydrogen-bond donors (Lipinski definition) is 1. The molecule has 2 aliphatic rings. The van der Waals surface area contributed by atoms with E-state index >= 15 is 0 Å². The number of amides is 1. The van der Waals surface area contributed by atoms with E-state index in [4.69, 9.17) is 4.74 Å². The molecule has 1 unspecified atom stereocenters. The zero-order valence-electron chi connectivity index (χ0n) is 9.80. The van der Waals surface area contributed by atoms with Crippen molar-refractivity contribution in [1.29, 1.82) is 0 Å². The molecule has 0 aromatic carbocycles. The van der Waals surface area contributed by atoms with Crippen LogP contribution in [-0.2, 0) is 4.74 Å². The number of likely N-dealkylation sites (tertiary alicyclic amines) is 1. The average Bonchev–Trinajstić information content (AvgIpc) is 2.42. The standard InChI is InChI=1S/C11H20N2O2/c1-10(2,3)15-9(14)13-8-4-5-11(13)6-7-12-11/h12H,4-8H2,1-3H3. The fraction of sp³-hybridized carbons (Fsp3) is 0.909.